The molecule has 1 fully saturated rings. The predicted octanol–water partition coefficient (Wildman–Crippen LogP) is 4.53. The standard InChI is InChI=1S/C10H14F6O2S2/c11-9(12,13)19-8-6-4-2-1-3-5-7(8)18-20(17)10(14,15)16/h7-8H,1-6H2/t7-,8+,20?/m0/s1. The van der Waals surface area contributed by atoms with Crippen molar-refractivity contribution in [3.63, 3.8) is 0 Å². The zero-order valence-electron chi connectivity index (χ0n) is 10.3. The minimum atomic E-state index is -5.07. The minimum absolute atomic E-state index is 0.0512. The van der Waals surface area contributed by atoms with Crippen molar-refractivity contribution >= 4 is 22.8 Å². The van der Waals surface area contributed by atoms with E-state index in [0.29, 0.717) is 12.8 Å². The monoisotopic (exact) mass is 344 g/mol. The number of alkyl halides is 6. The van der Waals surface area contributed by atoms with Crippen molar-refractivity contribution in [2.24, 2.45) is 0 Å². The Hall–Kier alpha value is 0.0400. The van der Waals surface area contributed by atoms with E-state index in [-0.39, 0.29) is 24.6 Å². The van der Waals surface area contributed by atoms with Crippen LogP contribution in [0.2, 0.25) is 0 Å². The Kier molecular flexibility index (Phi) is 6.65. The van der Waals surface area contributed by atoms with Gasteiger partial charge in [0.1, 0.15) is 0 Å². The molecule has 1 rings (SSSR count). The molecule has 0 bridgehead atoms. The number of rotatable bonds is 3. The van der Waals surface area contributed by atoms with E-state index < -0.39 is 33.5 Å². The van der Waals surface area contributed by atoms with E-state index in [4.69, 9.17) is 0 Å². The SMILES string of the molecule is O=S(O[C@H]1CCCCCC[C@H]1SC(F)(F)F)C(F)(F)F. The fraction of sp³-hybridized carbons (Fsp3) is 1.00. The molecule has 1 saturated carbocycles. The first kappa shape index (κ1) is 18.1. The van der Waals surface area contributed by atoms with Gasteiger partial charge in [0.05, 0.1) is 6.10 Å². The van der Waals surface area contributed by atoms with Crippen molar-refractivity contribution in [3.05, 3.63) is 0 Å². The van der Waals surface area contributed by atoms with Crippen molar-refractivity contribution in [2.45, 2.75) is 60.9 Å². The van der Waals surface area contributed by atoms with Crippen molar-refractivity contribution in [1.29, 1.82) is 0 Å². The van der Waals surface area contributed by atoms with Crippen LogP contribution in [0.4, 0.5) is 26.3 Å². The zero-order chi connectivity index (χ0) is 15.4. The second-order valence-electron chi connectivity index (χ2n) is 4.41. The van der Waals surface area contributed by atoms with Crippen molar-refractivity contribution < 1.29 is 34.7 Å². The highest BCUT2D eigenvalue weighted by Gasteiger charge is 2.43. The fourth-order valence-corrected chi connectivity index (χ4v) is 3.61. The van der Waals surface area contributed by atoms with Crippen LogP contribution in [0.1, 0.15) is 38.5 Å². The van der Waals surface area contributed by atoms with Crippen LogP contribution in [-0.4, -0.2) is 26.6 Å². The summed E-state index contributed by atoms with van der Waals surface area (Å²) < 4.78 is 89.2. The van der Waals surface area contributed by atoms with Gasteiger partial charge >= 0.3 is 11.0 Å². The molecule has 0 aromatic carbocycles. The first-order valence-corrected chi connectivity index (χ1v) is 7.95. The number of halogens is 6. The van der Waals surface area contributed by atoms with E-state index in [1.165, 1.54) is 0 Å². The second kappa shape index (κ2) is 7.35. The Morgan fingerprint density at radius 3 is 2.00 bits per heavy atom. The molecular formula is C10H14F6O2S2. The van der Waals surface area contributed by atoms with E-state index in [1.807, 2.05) is 0 Å². The van der Waals surface area contributed by atoms with Crippen molar-refractivity contribution in [1.82, 2.24) is 0 Å². The van der Waals surface area contributed by atoms with Crippen LogP contribution in [0.15, 0.2) is 0 Å². The number of hydrogen-bond donors (Lipinski definition) is 0. The molecule has 0 amide bonds. The second-order valence-corrected chi connectivity index (χ2v) is 6.84. The van der Waals surface area contributed by atoms with Crippen LogP contribution in [0.25, 0.3) is 0 Å². The summed E-state index contributed by atoms with van der Waals surface area (Å²) in [4.78, 5) is 0. The summed E-state index contributed by atoms with van der Waals surface area (Å²) in [6, 6.07) is 0. The molecule has 10 heteroatoms. The van der Waals surface area contributed by atoms with Gasteiger partial charge in [-0.1, -0.05) is 25.7 Å². The van der Waals surface area contributed by atoms with E-state index in [0.717, 1.165) is 12.8 Å². The first-order valence-electron chi connectivity index (χ1n) is 6.00. The van der Waals surface area contributed by atoms with Crippen molar-refractivity contribution in [3.8, 4) is 0 Å². The highest BCUT2D eigenvalue weighted by atomic mass is 32.2. The number of hydrogen-bond acceptors (Lipinski definition) is 3. The average molecular weight is 344 g/mol. The summed E-state index contributed by atoms with van der Waals surface area (Å²) in [5.74, 6) is 0. The van der Waals surface area contributed by atoms with Gasteiger partial charge in [0, 0.05) is 5.25 Å². The van der Waals surface area contributed by atoms with Crippen LogP contribution in [0, 0.1) is 0 Å². The third kappa shape index (κ3) is 6.66. The van der Waals surface area contributed by atoms with Gasteiger partial charge in [0.15, 0.2) is 0 Å². The summed E-state index contributed by atoms with van der Waals surface area (Å²) in [6.45, 7) is 0. The van der Waals surface area contributed by atoms with E-state index in [2.05, 4.69) is 4.18 Å². The van der Waals surface area contributed by atoms with E-state index >= 15 is 0 Å². The molecule has 0 aromatic rings. The lowest BCUT2D eigenvalue weighted by molar-refractivity contribution is -0.0507. The van der Waals surface area contributed by atoms with Gasteiger partial charge in [0.2, 0.25) is 0 Å². The quantitative estimate of drug-likeness (QED) is 0.704. The van der Waals surface area contributed by atoms with Crippen LogP contribution in [-0.2, 0) is 15.3 Å². The lowest BCUT2D eigenvalue weighted by Gasteiger charge is -2.28. The van der Waals surface area contributed by atoms with E-state index in [1.54, 1.807) is 0 Å². The molecule has 0 heterocycles. The van der Waals surface area contributed by atoms with Crippen LogP contribution in [0.5, 0.6) is 0 Å². The molecule has 1 aliphatic rings. The summed E-state index contributed by atoms with van der Waals surface area (Å²) in [5, 5.41) is -1.15. The molecule has 120 valence electrons. The maximum absolute atomic E-state index is 12.4. The Morgan fingerprint density at radius 2 is 1.50 bits per heavy atom. The zero-order valence-corrected chi connectivity index (χ0v) is 11.9. The molecule has 1 aliphatic carbocycles. The Balaban J connectivity index is 2.75. The van der Waals surface area contributed by atoms with Crippen LogP contribution < -0.4 is 0 Å². The van der Waals surface area contributed by atoms with E-state index in [9.17, 15) is 30.6 Å². The van der Waals surface area contributed by atoms with Crippen molar-refractivity contribution in [2.75, 3.05) is 0 Å². The maximum atomic E-state index is 12.4. The molecule has 0 N–H and O–H groups in total. The van der Waals surface area contributed by atoms with Gasteiger partial charge in [-0.2, -0.15) is 26.3 Å². The third-order valence-electron chi connectivity index (χ3n) is 2.83. The minimum Gasteiger partial charge on any atom is -0.279 e. The molecule has 1 unspecified atom stereocenters. The molecule has 0 aliphatic heterocycles. The highest BCUT2D eigenvalue weighted by molar-refractivity contribution is 8.00. The third-order valence-corrected chi connectivity index (χ3v) is 4.74. The average Bonchev–Trinajstić information content (AvgIpc) is 2.24. The molecule has 2 nitrogen and oxygen atoms in total. The van der Waals surface area contributed by atoms with Gasteiger partial charge < -0.3 is 0 Å². The molecule has 0 aromatic heterocycles. The predicted molar refractivity (Wildman–Crippen MR) is 64.2 cm³/mol. The number of thioether (sulfide) groups is 1. The lowest BCUT2D eigenvalue weighted by atomic mass is 9.98. The first-order chi connectivity index (χ1) is 9.09. The molecular weight excluding hydrogens is 330 g/mol. The topological polar surface area (TPSA) is 26.3 Å². The van der Waals surface area contributed by atoms with Crippen LogP contribution >= 0.6 is 11.8 Å². The van der Waals surface area contributed by atoms with Gasteiger partial charge in [-0.25, -0.2) is 4.21 Å². The molecule has 0 spiro atoms. The van der Waals surface area contributed by atoms with Gasteiger partial charge in [-0.15, -0.1) is 0 Å². The summed E-state index contributed by atoms with van der Waals surface area (Å²) in [7, 11) is 0. The van der Waals surface area contributed by atoms with Gasteiger partial charge in [-0.05, 0) is 24.6 Å². The Morgan fingerprint density at radius 1 is 0.950 bits per heavy atom. The molecule has 0 saturated heterocycles. The maximum Gasteiger partial charge on any atom is 0.497 e. The Labute approximate surface area is 119 Å². The van der Waals surface area contributed by atoms with Gasteiger partial charge in [0.25, 0.3) is 11.1 Å². The molecule has 3 atom stereocenters. The lowest BCUT2D eigenvalue weighted by Crippen LogP contribution is -2.34. The largest absolute Gasteiger partial charge is 0.497 e. The van der Waals surface area contributed by atoms with Gasteiger partial charge in [-0.3, -0.25) is 4.18 Å². The summed E-state index contributed by atoms with van der Waals surface area (Å²) in [6.07, 6.45) is 1.27. The molecule has 20 heavy (non-hydrogen) atoms. The highest BCUT2D eigenvalue weighted by Crippen LogP contribution is 2.40. The summed E-state index contributed by atoms with van der Waals surface area (Å²) >= 11 is -3.94. The van der Waals surface area contributed by atoms with Crippen LogP contribution in [0.3, 0.4) is 0 Å². The molecule has 0 radical (unpaired) electrons. The normalized spacial score (nSPS) is 27.7. The summed E-state index contributed by atoms with van der Waals surface area (Å²) in [5.41, 5.74) is -9.62. The smallest absolute Gasteiger partial charge is 0.279 e. The Bertz CT molecular complexity index is 331. The fourth-order valence-electron chi connectivity index (χ4n) is 2.00.